The van der Waals surface area contributed by atoms with Crippen LogP contribution in [0.3, 0.4) is 0 Å². The Morgan fingerprint density at radius 2 is 0.984 bits per heavy atom. The van der Waals surface area contributed by atoms with Crippen molar-refractivity contribution in [2.45, 2.75) is 5.41 Å². The first-order chi connectivity index (χ1) is 44.9. The van der Waals surface area contributed by atoms with Gasteiger partial charge in [0.25, 0.3) is 0 Å². The average molecular weight is 835 g/mol. The molecule has 0 atom stereocenters. The minimum atomic E-state index is -2.70. The zero-order chi connectivity index (χ0) is 70.2. The van der Waals surface area contributed by atoms with Gasteiger partial charge in [-0.15, -0.1) is 0 Å². The molecule has 0 saturated heterocycles. The molecule has 10 aromatic carbocycles. The Balaban J connectivity index is 1.17. The van der Waals surface area contributed by atoms with Crippen LogP contribution in [0.4, 0.5) is 17.1 Å². The van der Waals surface area contributed by atoms with Crippen LogP contribution < -0.4 is 4.90 Å². The van der Waals surface area contributed by atoms with Crippen molar-refractivity contribution in [2.75, 3.05) is 4.90 Å². The summed E-state index contributed by atoms with van der Waals surface area (Å²) in [5.41, 5.74) is -13.7. The van der Waals surface area contributed by atoms with Crippen molar-refractivity contribution < 1.29 is 49.7 Å². The van der Waals surface area contributed by atoms with E-state index in [0.29, 0.717) is 0 Å². The lowest BCUT2D eigenvalue weighted by molar-refractivity contribution is 0.669. The second-order valence-electron chi connectivity index (χ2n) is 14.2. The number of benzene rings is 10. The highest BCUT2D eigenvalue weighted by molar-refractivity contribution is 6.13. The Morgan fingerprint density at radius 3 is 1.76 bits per heavy atom. The molecule has 294 valence electrons. The highest BCUT2D eigenvalue weighted by Crippen LogP contribution is 2.64. The van der Waals surface area contributed by atoms with Gasteiger partial charge in [-0.25, -0.2) is 0 Å². The van der Waals surface area contributed by atoms with Crippen LogP contribution in [-0.2, 0) is 5.41 Å². The average Bonchev–Trinajstić information content (AvgIpc) is 1.47. The minimum absolute atomic E-state index is 0.230. The monoisotopic (exact) mass is 835 g/mol. The molecule has 0 amide bonds. The Hall–Kier alpha value is -8.20. The highest BCUT2D eigenvalue weighted by Gasteiger charge is 2.52. The Labute approximate surface area is 413 Å². The van der Waals surface area contributed by atoms with E-state index in [9.17, 15) is 20.6 Å². The number of para-hydroxylation sites is 1. The molecule has 1 aromatic heterocycles. The van der Waals surface area contributed by atoms with Crippen LogP contribution >= 0.6 is 0 Å². The molecule has 2 heteroatoms. The smallest absolute Gasteiger partial charge is 0.137 e. The standard InChI is InChI=1S/C61H39NO/c1-2-16-40(17-3-1)41-32-36-43(37-33-41)62(56-29-15-31-58-60(56)51-23-9-13-30-57(51)63-58)44-38-34-42(35-39-44)45-18-4-5-19-46(45)49-24-14-28-55-59(49)50-22-8-12-27-54(50)61(55)52-25-10-6-20-47(52)48-21-7-11-26-53(48)61/h1-39H/i1D,2D,3D,4D,5D,6D,7D,8D,9D,10D,11D,12D,13D,14D,15D,16D,17D,19D,20D,21D,22D,24D,25D,26D,27D,29D,30D,31D,32D,34D,35D,38D,39D. The number of fused-ring (bicyclic) bond motifs is 13. The molecule has 0 unspecified atom stereocenters. The molecule has 2 aliphatic carbocycles. The maximum absolute atomic E-state index is 10.1. The van der Waals surface area contributed by atoms with Crippen molar-refractivity contribution in [1.82, 2.24) is 0 Å². The van der Waals surface area contributed by atoms with Gasteiger partial charge in [0.2, 0.25) is 0 Å². The second-order valence-corrected chi connectivity index (χ2v) is 14.2. The molecule has 1 spiro atoms. The SMILES string of the molecule is [2H]c1cc(N(c2c([2H])c([2H])c(-c3cc([2H])c([2H])c([2H])c3-c3c([2H])c([2H])cc4c3-c3c([2H])c([2H])c([2H])c([2H])c3C43c4c([2H])c([2H])c([2H])c([2H])c4-c4c([2H])c([2H])c([2H])c([2H])c43)c([2H])c2[2H])c2c([2H])c([2H])c([2H])c3oc4c([2H])c([2H])c([2H])cc4c23)ccc1-c1c([2H])c([2H])c([2H])c([2H])c1[2H]. The third-order valence-corrected chi connectivity index (χ3v) is 11.2. The first-order valence-corrected chi connectivity index (χ1v) is 19.0. The van der Waals surface area contributed by atoms with Crippen molar-refractivity contribution in [3.05, 3.63) is 258 Å². The van der Waals surface area contributed by atoms with E-state index in [-0.39, 0.29) is 22.0 Å². The van der Waals surface area contributed by atoms with Gasteiger partial charge in [-0.3, -0.25) is 0 Å². The van der Waals surface area contributed by atoms with Gasteiger partial charge in [0.15, 0.2) is 0 Å². The molecule has 1 heterocycles. The van der Waals surface area contributed by atoms with E-state index in [4.69, 9.17) is 29.1 Å². The summed E-state index contributed by atoms with van der Waals surface area (Å²) >= 11 is 0. The number of nitrogens with zero attached hydrogens (tertiary/aromatic N) is 1. The molecule has 2 nitrogen and oxygen atoms in total. The van der Waals surface area contributed by atoms with Crippen molar-refractivity contribution in [3.63, 3.8) is 0 Å². The van der Waals surface area contributed by atoms with Crippen LogP contribution in [-0.4, -0.2) is 0 Å². The zero-order valence-electron chi connectivity index (χ0n) is 64.8. The molecule has 2 aliphatic rings. The highest BCUT2D eigenvalue weighted by atomic mass is 16.3. The van der Waals surface area contributed by atoms with Crippen LogP contribution in [0.1, 0.15) is 67.5 Å². The first-order valence-electron chi connectivity index (χ1n) is 35.5. The summed E-state index contributed by atoms with van der Waals surface area (Å²) in [5, 5.41) is -0.598. The van der Waals surface area contributed by atoms with Crippen molar-refractivity contribution in [2.24, 2.45) is 0 Å². The summed E-state index contributed by atoms with van der Waals surface area (Å²) in [5.74, 6) is 0. The molecule has 0 aliphatic heterocycles. The predicted molar refractivity (Wildman–Crippen MR) is 261 cm³/mol. The van der Waals surface area contributed by atoms with E-state index >= 15 is 0 Å². The van der Waals surface area contributed by atoms with Gasteiger partial charge in [-0.05, 0) is 120 Å². The van der Waals surface area contributed by atoms with Gasteiger partial charge < -0.3 is 9.32 Å². The number of hydrogen-bond acceptors (Lipinski definition) is 2. The summed E-state index contributed by atoms with van der Waals surface area (Å²) < 4.78 is 310. The van der Waals surface area contributed by atoms with Gasteiger partial charge >= 0.3 is 0 Å². The number of anilines is 3. The number of rotatable bonds is 6. The van der Waals surface area contributed by atoms with Crippen LogP contribution in [0, 0.1) is 0 Å². The maximum atomic E-state index is 10.1. The lowest BCUT2D eigenvalue weighted by Crippen LogP contribution is -2.25. The van der Waals surface area contributed by atoms with Crippen molar-refractivity contribution in [3.8, 4) is 55.6 Å². The molecule has 0 radical (unpaired) electrons. The largest absolute Gasteiger partial charge is 0.456 e. The topological polar surface area (TPSA) is 16.4 Å². The Bertz CT molecular complexity index is 5410. The molecular formula is C61H39NO. The normalized spacial score (nSPS) is 20.2. The number of furan rings is 1. The van der Waals surface area contributed by atoms with Crippen molar-refractivity contribution in [1.29, 1.82) is 0 Å². The summed E-state index contributed by atoms with van der Waals surface area (Å²) in [6, 6.07) is -22.6. The van der Waals surface area contributed by atoms with E-state index in [2.05, 4.69) is 0 Å². The van der Waals surface area contributed by atoms with E-state index in [1.54, 1.807) is 0 Å². The first kappa shape index (κ1) is 15.9. The molecule has 0 bridgehead atoms. The van der Waals surface area contributed by atoms with E-state index in [0.717, 1.165) is 41.3 Å². The molecule has 63 heavy (non-hydrogen) atoms. The Kier molecular flexibility index (Phi) is 3.52. The summed E-state index contributed by atoms with van der Waals surface area (Å²) in [4.78, 5) is 0.843. The summed E-state index contributed by atoms with van der Waals surface area (Å²) in [6.45, 7) is 0. The van der Waals surface area contributed by atoms with Crippen LogP contribution in [0.15, 0.2) is 240 Å². The predicted octanol–water partition coefficient (Wildman–Crippen LogP) is 16.4. The van der Waals surface area contributed by atoms with Gasteiger partial charge in [0.05, 0.1) is 61.7 Å². The lowest BCUT2D eigenvalue weighted by Gasteiger charge is -2.30. The third kappa shape index (κ3) is 5.19. The second kappa shape index (κ2) is 13.9. The summed E-state index contributed by atoms with van der Waals surface area (Å²) in [6.07, 6.45) is 0. The van der Waals surface area contributed by atoms with Crippen LogP contribution in [0.5, 0.6) is 0 Å². The fraction of sp³-hybridized carbons (Fsp3) is 0.0164. The lowest BCUT2D eigenvalue weighted by atomic mass is 9.70. The van der Waals surface area contributed by atoms with Gasteiger partial charge in [0, 0.05) is 16.8 Å². The van der Waals surface area contributed by atoms with Crippen LogP contribution in [0.25, 0.3) is 77.6 Å². The zero-order valence-corrected chi connectivity index (χ0v) is 31.8. The molecule has 0 saturated carbocycles. The Morgan fingerprint density at radius 1 is 0.349 bits per heavy atom. The molecule has 11 aromatic rings. The van der Waals surface area contributed by atoms with Gasteiger partial charge in [-0.2, -0.15) is 0 Å². The minimum Gasteiger partial charge on any atom is -0.456 e. The van der Waals surface area contributed by atoms with E-state index in [1.807, 2.05) is 0 Å². The van der Waals surface area contributed by atoms with E-state index in [1.165, 1.54) is 0 Å². The third-order valence-electron chi connectivity index (χ3n) is 11.2. The maximum Gasteiger partial charge on any atom is 0.137 e. The molecular weight excluding hydrogens is 763 g/mol. The van der Waals surface area contributed by atoms with Gasteiger partial charge in [-0.1, -0.05) is 193 Å². The van der Waals surface area contributed by atoms with Gasteiger partial charge in [0.1, 0.15) is 11.2 Å². The molecule has 13 rings (SSSR count). The molecule has 0 fully saturated rings. The quantitative estimate of drug-likeness (QED) is 0.166. The number of hydrogen-bond donors (Lipinski definition) is 0. The fourth-order valence-corrected chi connectivity index (χ4v) is 8.65. The van der Waals surface area contributed by atoms with Crippen LogP contribution in [0.2, 0.25) is 0 Å². The summed E-state index contributed by atoms with van der Waals surface area (Å²) in [7, 11) is 0. The van der Waals surface area contributed by atoms with E-state index < -0.39 is 300 Å². The fourth-order valence-electron chi connectivity index (χ4n) is 8.65. The molecule has 0 N–H and O–H groups in total. The van der Waals surface area contributed by atoms with Crippen molar-refractivity contribution >= 4 is 39.0 Å².